The van der Waals surface area contributed by atoms with Gasteiger partial charge in [-0.2, -0.15) is 0 Å². The van der Waals surface area contributed by atoms with E-state index in [1.165, 1.54) is 7.11 Å². The molecule has 2 rings (SSSR count). The van der Waals surface area contributed by atoms with Crippen molar-refractivity contribution < 1.29 is 49.6 Å². The number of aliphatic hydroxyl groups excluding tert-OH is 6. The van der Waals surface area contributed by atoms with E-state index in [-0.39, 0.29) is 0 Å². The zero-order valence-corrected chi connectivity index (χ0v) is 12.8. The number of methoxy groups -OCH3 is 1. The maximum absolute atomic E-state index is 10.1. The first-order valence-corrected chi connectivity index (χ1v) is 7.32. The van der Waals surface area contributed by atoms with Crippen molar-refractivity contribution in [1.82, 2.24) is 0 Å². The van der Waals surface area contributed by atoms with Gasteiger partial charge in [-0.3, -0.25) is 0 Å². The van der Waals surface area contributed by atoms with E-state index in [1.807, 2.05) is 0 Å². The van der Waals surface area contributed by atoms with E-state index in [0.717, 1.165) is 0 Å². The van der Waals surface area contributed by atoms with Gasteiger partial charge in [0, 0.05) is 7.11 Å². The van der Waals surface area contributed by atoms with Gasteiger partial charge in [-0.15, -0.1) is 0 Å². The Kier molecular flexibility index (Phi) is 6.30. The first kappa shape index (κ1) is 18.9. The highest BCUT2D eigenvalue weighted by molar-refractivity contribution is 4.92. The fraction of sp³-hybridized carbons (Fsp3) is 1.00. The summed E-state index contributed by atoms with van der Waals surface area (Å²) in [5.41, 5.74) is 0. The van der Waals surface area contributed by atoms with E-state index in [2.05, 4.69) is 0 Å². The molecular weight excluding hydrogens is 316 g/mol. The molecule has 0 radical (unpaired) electrons. The maximum Gasteiger partial charge on any atom is 0.187 e. The zero-order chi connectivity index (χ0) is 17.3. The van der Waals surface area contributed by atoms with E-state index >= 15 is 0 Å². The SMILES string of the molecule is CO[C@@H]1O[C@@H](C)[C@H](O)[C@@H](O)[C@H]1O[C@@H]1O[C@H](CO)[C@@H](O)[C@H](O)[C@H]1O. The van der Waals surface area contributed by atoms with Crippen molar-refractivity contribution in [2.24, 2.45) is 0 Å². The Labute approximate surface area is 132 Å². The molecule has 2 heterocycles. The summed E-state index contributed by atoms with van der Waals surface area (Å²) in [6.07, 6.45) is -13.0. The third kappa shape index (κ3) is 3.66. The lowest BCUT2D eigenvalue weighted by Crippen LogP contribution is -2.63. The van der Waals surface area contributed by atoms with Crippen LogP contribution in [0.25, 0.3) is 0 Å². The average molecular weight is 340 g/mol. The van der Waals surface area contributed by atoms with E-state index in [9.17, 15) is 25.5 Å². The molecule has 2 aliphatic rings. The lowest BCUT2D eigenvalue weighted by molar-refractivity contribution is -0.362. The highest BCUT2D eigenvalue weighted by atomic mass is 16.8. The van der Waals surface area contributed by atoms with Crippen molar-refractivity contribution in [3.8, 4) is 0 Å². The van der Waals surface area contributed by atoms with Gasteiger partial charge in [0.25, 0.3) is 0 Å². The number of hydrogen-bond donors (Lipinski definition) is 6. The average Bonchev–Trinajstić information content (AvgIpc) is 2.55. The number of aliphatic hydroxyl groups is 6. The van der Waals surface area contributed by atoms with Crippen LogP contribution in [0.2, 0.25) is 0 Å². The van der Waals surface area contributed by atoms with Gasteiger partial charge in [0.15, 0.2) is 12.6 Å². The highest BCUT2D eigenvalue weighted by Crippen LogP contribution is 2.29. The Balaban J connectivity index is 2.11. The summed E-state index contributed by atoms with van der Waals surface area (Å²) in [5, 5.41) is 58.6. The van der Waals surface area contributed by atoms with Crippen LogP contribution >= 0.6 is 0 Å². The van der Waals surface area contributed by atoms with Crippen molar-refractivity contribution in [3.63, 3.8) is 0 Å². The molecule has 10 atom stereocenters. The van der Waals surface area contributed by atoms with Crippen LogP contribution < -0.4 is 0 Å². The molecule has 2 fully saturated rings. The first-order chi connectivity index (χ1) is 10.8. The molecule has 2 saturated heterocycles. The molecule has 0 aromatic carbocycles. The fourth-order valence-corrected chi connectivity index (χ4v) is 2.67. The second-order valence-electron chi connectivity index (χ2n) is 5.72. The Bertz CT molecular complexity index is 378. The fourth-order valence-electron chi connectivity index (χ4n) is 2.67. The summed E-state index contributed by atoms with van der Waals surface area (Å²) in [6.45, 7) is 0.936. The standard InChI is InChI=1S/C13H24O10/c1-4-6(15)9(18)11(13(20-2)21-4)23-12-10(19)8(17)7(16)5(3-14)22-12/h4-19H,3H2,1-2H3/t4-,5+,6-,7+,8-,9+,10+,11+,12-,13+/m0/s1. The molecule has 0 saturated carbocycles. The third-order valence-electron chi connectivity index (χ3n) is 4.16. The van der Waals surface area contributed by atoms with Gasteiger partial charge >= 0.3 is 0 Å². The minimum absolute atomic E-state index is 0.609. The molecule has 0 unspecified atom stereocenters. The van der Waals surface area contributed by atoms with Crippen LogP contribution in [0.15, 0.2) is 0 Å². The lowest BCUT2D eigenvalue weighted by Gasteiger charge is -2.45. The van der Waals surface area contributed by atoms with Gasteiger partial charge in [-0.25, -0.2) is 0 Å². The van der Waals surface area contributed by atoms with Gasteiger partial charge < -0.3 is 49.6 Å². The van der Waals surface area contributed by atoms with E-state index in [0.29, 0.717) is 0 Å². The molecule has 0 bridgehead atoms. The van der Waals surface area contributed by atoms with Crippen LogP contribution in [0, 0.1) is 0 Å². The van der Waals surface area contributed by atoms with Gasteiger partial charge in [0.2, 0.25) is 0 Å². The molecule has 23 heavy (non-hydrogen) atoms. The summed E-state index contributed by atoms with van der Waals surface area (Å²) in [4.78, 5) is 0. The molecule has 0 amide bonds. The summed E-state index contributed by atoms with van der Waals surface area (Å²) in [7, 11) is 1.31. The van der Waals surface area contributed by atoms with Crippen LogP contribution in [0.3, 0.4) is 0 Å². The third-order valence-corrected chi connectivity index (χ3v) is 4.16. The van der Waals surface area contributed by atoms with Crippen molar-refractivity contribution >= 4 is 0 Å². The molecule has 10 nitrogen and oxygen atoms in total. The van der Waals surface area contributed by atoms with Crippen LogP contribution in [0.1, 0.15) is 6.92 Å². The second-order valence-corrected chi connectivity index (χ2v) is 5.72. The number of rotatable bonds is 4. The van der Waals surface area contributed by atoms with E-state index in [1.54, 1.807) is 6.92 Å². The lowest BCUT2D eigenvalue weighted by atomic mass is 9.97. The van der Waals surface area contributed by atoms with Crippen LogP contribution in [0.5, 0.6) is 0 Å². The Morgan fingerprint density at radius 1 is 0.826 bits per heavy atom. The van der Waals surface area contributed by atoms with Gasteiger partial charge in [-0.05, 0) is 6.92 Å². The van der Waals surface area contributed by atoms with Crippen molar-refractivity contribution in [3.05, 3.63) is 0 Å². The predicted molar refractivity (Wildman–Crippen MR) is 72.0 cm³/mol. The Morgan fingerprint density at radius 2 is 1.48 bits per heavy atom. The van der Waals surface area contributed by atoms with Gasteiger partial charge in [0.1, 0.15) is 42.7 Å². The molecule has 0 aromatic heterocycles. The summed E-state index contributed by atoms with van der Waals surface area (Å²) in [6, 6.07) is 0. The van der Waals surface area contributed by atoms with Crippen molar-refractivity contribution in [2.75, 3.05) is 13.7 Å². The minimum Gasteiger partial charge on any atom is -0.394 e. The summed E-state index contributed by atoms with van der Waals surface area (Å²) in [5.74, 6) is 0. The number of ether oxygens (including phenoxy) is 4. The summed E-state index contributed by atoms with van der Waals surface area (Å²) >= 11 is 0. The predicted octanol–water partition coefficient (Wildman–Crippen LogP) is -3.72. The molecule has 6 N–H and O–H groups in total. The van der Waals surface area contributed by atoms with Crippen LogP contribution in [-0.4, -0.2) is 106 Å². The Morgan fingerprint density at radius 3 is 2.04 bits per heavy atom. The minimum atomic E-state index is -1.63. The highest BCUT2D eigenvalue weighted by Gasteiger charge is 2.49. The first-order valence-electron chi connectivity index (χ1n) is 7.32. The van der Waals surface area contributed by atoms with Crippen LogP contribution in [-0.2, 0) is 18.9 Å². The Hall–Kier alpha value is -0.400. The molecule has 0 spiro atoms. The maximum atomic E-state index is 10.1. The molecule has 0 aromatic rings. The monoisotopic (exact) mass is 340 g/mol. The van der Waals surface area contributed by atoms with Crippen molar-refractivity contribution in [1.29, 1.82) is 0 Å². The molecule has 10 heteroatoms. The molecule has 0 aliphatic carbocycles. The van der Waals surface area contributed by atoms with E-state index in [4.69, 9.17) is 24.1 Å². The largest absolute Gasteiger partial charge is 0.394 e. The van der Waals surface area contributed by atoms with Crippen molar-refractivity contribution in [2.45, 2.75) is 68.3 Å². The normalized spacial score (nSPS) is 51.7. The second kappa shape index (κ2) is 7.66. The van der Waals surface area contributed by atoms with Gasteiger partial charge in [-0.1, -0.05) is 0 Å². The van der Waals surface area contributed by atoms with Crippen LogP contribution in [0.4, 0.5) is 0 Å². The number of hydrogen-bond acceptors (Lipinski definition) is 10. The van der Waals surface area contributed by atoms with Gasteiger partial charge in [0.05, 0.1) is 12.7 Å². The molecule has 2 aliphatic heterocycles. The zero-order valence-electron chi connectivity index (χ0n) is 12.8. The topological polar surface area (TPSA) is 158 Å². The van der Waals surface area contributed by atoms with E-state index < -0.39 is 68.0 Å². The quantitative estimate of drug-likeness (QED) is 0.300. The molecular formula is C13H24O10. The smallest absolute Gasteiger partial charge is 0.187 e. The summed E-state index contributed by atoms with van der Waals surface area (Å²) < 4.78 is 21.0. The molecule has 136 valence electrons.